The van der Waals surface area contributed by atoms with Crippen LogP contribution in [0.5, 0.6) is 0 Å². The van der Waals surface area contributed by atoms with E-state index in [1.807, 2.05) is 58.3 Å². The van der Waals surface area contributed by atoms with Crippen molar-refractivity contribution in [2.24, 2.45) is 0 Å². The summed E-state index contributed by atoms with van der Waals surface area (Å²) in [6, 6.07) is 41.0. The quantitative estimate of drug-likeness (QED) is 0.0577. The average molecular weight is 783 g/mol. The summed E-state index contributed by atoms with van der Waals surface area (Å²) in [5.41, 5.74) is 21.4. The van der Waals surface area contributed by atoms with Gasteiger partial charge >= 0.3 is 0 Å². The van der Waals surface area contributed by atoms with E-state index in [0.29, 0.717) is 89.9 Å². The molecule has 2 aliphatic heterocycles. The molecule has 302 valence electrons. The molecule has 0 unspecified atom stereocenters. The Hall–Kier alpha value is -6.24. The number of hydrogen-bond acceptors (Lipinski definition) is 10. The zero-order chi connectivity index (χ0) is 40.1. The Morgan fingerprint density at radius 3 is 1.05 bits per heavy atom. The number of nitrogens with two attached hydrogens (primary N) is 2. The first-order valence-electron chi connectivity index (χ1n) is 20.2. The van der Waals surface area contributed by atoms with Crippen LogP contribution in [0.1, 0.15) is 25.7 Å². The molecule has 5 aromatic rings. The molecule has 2 heterocycles. The first-order chi connectivity index (χ1) is 28.4. The van der Waals surface area contributed by atoms with Crippen molar-refractivity contribution < 1.29 is 19.1 Å². The van der Waals surface area contributed by atoms with Crippen molar-refractivity contribution in [3.8, 4) is 0 Å². The van der Waals surface area contributed by atoms with Gasteiger partial charge in [0.25, 0.3) is 0 Å². The molecule has 0 aliphatic carbocycles. The number of carbonyl (C=O) groups excluding carboxylic acids is 2. The Bertz CT molecular complexity index is 1920. The van der Waals surface area contributed by atoms with Crippen molar-refractivity contribution >= 4 is 68.7 Å². The van der Waals surface area contributed by atoms with E-state index in [9.17, 15) is 9.59 Å². The summed E-state index contributed by atoms with van der Waals surface area (Å²) < 4.78 is 10.8. The summed E-state index contributed by atoms with van der Waals surface area (Å²) in [5.74, 6) is 0.375. The van der Waals surface area contributed by atoms with Crippen LogP contribution in [0.4, 0.5) is 56.9 Å². The SMILES string of the molecule is Nc1ccc(N(c2ccc(N)cc2)c2ccc(N(c3ccc(NCCCC(=O)N4CCOCC4)cc3)c3ccc(NCCCC(=O)N4CCOCC4)cc3)cc2)cc1. The fraction of sp³-hybridized carbons (Fsp3) is 0.304. The highest BCUT2D eigenvalue weighted by Gasteiger charge is 2.19. The van der Waals surface area contributed by atoms with Gasteiger partial charge in [-0.05, 0) is 134 Å². The minimum absolute atomic E-state index is 0.187. The van der Waals surface area contributed by atoms with Gasteiger partial charge in [-0.2, -0.15) is 0 Å². The van der Waals surface area contributed by atoms with Crippen molar-refractivity contribution in [1.82, 2.24) is 9.80 Å². The zero-order valence-corrected chi connectivity index (χ0v) is 33.0. The molecule has 0 bridgehead atoms. The number of nitrogens with one attached hydrogen (secondary N) is 2. The summed E-state index contributed by atoms with van der Waals surface area (Å²) in [5, 5.41) is 6.98. The monoisotopic (exact) mass is 782 g/mol. The maximum atomic E-state index is 12.6. The summed E-state index contributed by atoms with van der Waals surface area (Å²) in [6.45, 7) is 6.56. The van der Waals surface area contributed by atoms with Crippen LogP contribution in [0.2, 0.25) is 0 Å². The maximum absolute atomic E-state index is 12.6. The molecule has 2 saturated heterocycles. The molecule has 2 aliphatic rings. The fourth-order valence-electron chi connectivity index (χ4n) is 7.24. The number of rotatable bonds is 16. The van der Waals surface area contributed by atoms with Crippen LogP contribution >= 0.6 is 0 Å². The third kappa shape index (κ3) is 10.6. The molecular weight excluding hydrogens is 729 g/mol. The molecule has 12 nitrogen and oxygen atoms in total. The van der Waals surface area contributed by atoms with E-state index in [2.05, 4.69) is 93.2 Å². The molecule has 2 amide bonds. The molecule has 0 spiro atoms. The van der Waals surface area contributed by atoms with Crippen molar-refractivity contribution in [3.05, 3.63) is 121 Å². The molecule has 0 saturated carbocycles. The van der Waals surface area contributed by atoms with Gasteiger partial charge in [0, 0.05) is 109 Å². The Kier molecular flexibility index (Phi) is 13.6. The number of nitrogens with zero attached hydrogens (tertiary/aromatic N) is 4. The van der Waals surface area contributed by atoms with Crippen LogP contribution in [0.25, 0.3) is 0 Å². The summed E-state index contributed by atoms with van der Waals surface area (Å²) >= 11 is 0. The number of amides is 2. The number of carbonyl (C=O) groups is 2. The number of hydrogen-bond donors (Lipinski definition) is 4. The molecule has 7 rings (SSSR count). The van der Waals surface area contributed by atoms with E-state index in [4.69, 9.17) is 20.9 Å². The Morgan fingerprint density at radius 1 is 0.466 bits per heavy atom. The van der Waals surface area contributed by atoms with Crippen molar-refractivity contribution in [2.45, 2.75) is 25.7 Å². The van der Waals surface area contributed by atoms with E-state index < -0.39 is 0 Å². The van der Waals surface area contributed by atoms with Crippen molar-refractivity contribution in [3.63, 3.8) is 0 Å². The molecule has 0 radical (unpaired) electrons. The summed E-state index contributed by atoms with van der Waals surface area (Å²) in [4.78, 5) is 33.4. The Balaban J connectivity index is 1.07. The normalized spacial score (nSPS) is 14.1. The van der Waals surface area contributed by atoms with Crippen LogP contribution in [-0.4, -0.2) is 87.3 Å². The lowest BCUT2D eigenvalue weighted by Gasteiger charge is -2.28. The van der Waals surface area contributed by atoms with Gasteiger partial charge in [0.1, 0.15) is 0 Å². The number of nitrogen functional groups attached to an aromatic ring is 2. The summed E-state index contributed by atoms with van der Waals surface area (Å²) in [6.07, 6.45) is 2.54. The van der Waals surface area contributed by atoms with Crippen LogP contribution in [-0.2, 0) is 19.1 Å². The number of benzene rings is 5. The zero-order valence-electron chi connectivity index (χ0n) is 33.0. The second kappa shape index (κ2) is 19.8. The molecule has 2 fully saturated rings. The molecule has 6 N–H and O–H groups in total. The third-order valence-corrected chi connectivity index (χ3v) is 10.4. The van der Waals surface area contributed by atoms with Crippen LogP contribution in [0.3, 0.4) is 0 Å². The van der Waals surface area contributed by atoms with E-state index in [1.54, 1.807) is 0 Å². The molecule has 0 aromatic heterocycles. The standard InChI is InChI=1S/C46H54N8O4/c47-35-5-13-39(14-6-35)53(40-15-7-36(48)8-16-40)43-21-23-44(24-22-43)54(41-17-9-37(10-18-41)49-25-1-3-45(55)51-27-31-57-32-28-51)42-19-11-38(12-20-42)50-26-2-4-46(56)52-29-33-58-34-30-52/h5-24,49-50H,1-4,25-34,47-48H2. The van der Waals surface area contributed by atoms with Gasteiger partial charge in [0.2, 0.25) is 11.8 Å². The van der Waals surface area contributed by atoms with Crippen LogP contribution in [0.15, 0.2) is 121 Å². The Labute approximate surface area is 341 Å². The van der Waals surface area contributed by atoms with Gasteiger partial charge in [-0.3, -0.25) is 9.59 Å². The van der Waals surface area contributed by atoms with Gasteiger partial charge in [-0.15, -0.1) is 0 Å². The highest BCUT2D eigenvalue weighted by atomic mass is 16.5. The predicted octanol–water partition coefficient (Wildman–Crippen LogP) is 7.89. The average Bonchev–Trinajstić information content (AvgIpc) is 3.27. The first-order valence-corrected chi connectivity index (χ1v) is 20.2. The summed E-state index contributed by atoms with van der Waals surface area (Å²) in [7, 11) is 0. The molecule has 12 heteroatoms. The van der Waals surface area contributed by atoms with Gasteiger partial charge in [0.15, 0.2) is 0 Å². The lowest BCUT2D eigenvalue weighted by Crippen LogP contribution is -2.40. The Morgan fingerprint density at radius 2 is 0.741 bits per heavy atom. The van der Waals surface area contributed by atoms with E-state index >= 15 is 0 Å². The van der Waals surface area contributed by atoms with Gasteiger partial charge in [-0.1, -0.05) is 0 Å². The highest BCUT2D eigenvalue weighted by Crippen LogP contribution is 2.40. The second-order valence-electron chi connectivity index (χ2n) is 14.5. The fourth-order valence-corrected chi connectivity index (χ4v) is 7.24. The lowest BCUT2D eigenvalue weighted by molar-refractivity contribution is -0.136. The second-order valence-corrected chi connectivity index (χ2v) is 14.5. The molecule has 0 atom stereocenters. The van der Waals surface area contributed by atoms with E-state index in [0.717, 1.165) is 58.3 Å². The van der Waals surface area contributed by atoms with E-state index in [-0.39, 0.29) is 11.8 Å². The van der Waals surface area contributed by atoms with Gasteiger partial charge < -0.3 is 51.2 Å². The van der Waals surface area contributed by atoms with Crippen LogP contribution in [0, 0.1) is 0 Å². The van der Waals surface area contributed by atoms with Crippen molar-refractivity contribution in [1.29, 1.82) is 0 Å². The third-order valence-electron chi connectivity index (χ3n) is 10.4. The lowest BCUT2D eigenvalue weighted by atomic mass is 10.1. The topological polar surface area (TPSA) is 142 Å². The number of ether oxygens (including phenoxy) is 2. The molecular formula is C46H54N8O4. The maximum Gasteiger partial charge on any atom is 0.222 e. The predicted molar refractivity (Wildman–Crippen MR) is 235 cm³/mol. The van der Waals surface area contributed by atoms with E-state index in [1.165, 1.54) is 0 Å². The molecule has 58 heavy (non-hydrogen) atoms. The smallest absolute Gasteiger partial charge is 0.222 e. The first kappa shape index (κ1) is 40.0. The highest BCUT2D eigenvalue weighted by molar-refractivity contribution is 5.82. The van der Waals surface area contributed by atoms with Gasteiger partial charge in [-0.25, -0.2) is 0 Å². The largest absolute Gasteiger partial charge is 0.399 e. The van der Waals surface area contributed by atoms with Crippen LogP contribution < -0.4 is 31.9 Å². The van der Waals surface area contributed by atoms with Crippen molar-refractivity contribution in [2.75, 3.05) is 97.6 Å². The molecule has 5 aromatic carbocycles. The number of anilines is 10. The minimum Gasteiger partial charge on any atom is -0.399 e. The number of morpholine rings is 2. The van der Waals surface area contributed by atoms with Gasteiger partial charge in [0.05, 0.1) is 26.4 Å². The minimum atomic E-state index is 0.187.